The first kappa shape index (κ1) is 14.3. The maximum atomic E-state index is 10.1. The molecule has 1 heteroatoms. The van der Waals surface area contributed by atoms with Gasteiger partial charge in [0.05, 0.1) is 6.61 Å². The fraction of sp³-hybridized carbons (Fsp3) is 0.211. The van der Waals surface area contributed by atoms with Gasteiger partial charge in [-0.1, -0.05) is 60.7 Å². The van der Waals surface area contributed by atoms with Gasteiger partial charge < -0.3 is 5.11 Å². The highest BCUT2D eigenvalue weighted by molar-refractivity contribution is 5.40. The lowest BCUT2D eigenvalue weighted by atomic mass is 9.72. The van der Waals surface area contributed by atoms with Crippen molar-refractivity contribution >= 4 is 0 Å². The van der Waals surface area contributed by atoms with Crippen molar-refractivity contribution < 1.29 is 5.11 Å². The predicted molar refractivity (Wildman–Crippen MR) is 83.7 cm³/mol. The van der Waals surface area contributed by atoms with Gasteiger partial charge in [0.1, 0.15) is 0 Å². The Bertz CT molecular complexity index is 538. The van der Waals surface area contributed by atoms with Crippen LogP contribution in [0.3, 0.4) is 0 Å². The van der Waals surface area contributed by atoms with Crippen LogP contribution in [0.15, 0.2) is 78.5 Å². The molecule has 0 saturated heterocycles. The van der Waals surface area contributed by atoms with E-state index in [9.17, 15) is 5.11 Å². The third-order valence-corrected chi connectivity index (χ3v) is 3.66. The topological polar surface area (TPSA) is 20.2 Å². The highest BCUT2D eigenvalue weighted by atomic mass is 16.3. The smallest absolute Gasteiger partial charge is 0.0571 e. The molecule has 0 atom stereocenters. The number of rotatable bonds is 5. The summed E-state index contributed by atoms with van der Waals surface area (Å²) in [6.45, 7) is 2.02. The van der Waals surface area contributed by atoms with Crippen molar-refractivity contribution in [3.05, 3.63) is 89.7 Å². The summed E-state index contributed by atoms with van der Waals surface area (Å²) in [6, 6.07) is 20.4. The van der Waals surface area contributed by atoms with E-state index in [2.05, 4.69) is 30.0 Å². The molecule has 0 radical (unpaired) electrons. The van der Waals surface area contributed by atoms with Gasteiger partial charge in [0.2, 0.25) is 0 Å². The van der Waals surface area contributed by atoms with Crippen molar-refractivity contribution in [1.29, 1.82) is 0 Å². The lowest BCUT2D eigenvalue weighted by Crippen LogP contribution is -2.31. The molecule has 0 amide bonds. The Kier molecular flexibility index (Phi) is 4.95. The third kappa shape index (κ3) is 2.91. The summed E-state index contributed by atoms with van der Waals surface area (Å²) in [6.07, 6.45) is 4.61. The molecule has 0 unspecified atom stereocenters. The maximum absolute atomic E-state index is 10.1. The van der Waals surface area contributed by atoms with E-state index in [4.69, 9.17) is 0 Å². The molecule has 0 fully saturated rings. The number of hydrogen-bond acceptors (Lipinski definition) is 1. The Labute approximate surface area is 120 Å². The molecule has 20 heavy (non-hydrogen) atoms. The molecule has 0 aliphatic carbocycles. The lowest BCUT2D eigenvalue weighted by Gasteiger charge is -2.32. The summed E-state index contributed by atoms with van der Waals surface area (Å²) in [5.41, 5.74) is 4.97. The Morgan fingerprint density at radius 3 is 1.85 bits per heavy atom. The minimum atomic E-state index is -0.404. The van der Waals surface area contributed by atoms with Gasteiger partial charge in [-0.3, -0.25) is 0 Å². The first-order valence-electron chi connectivity index (χ1n) is 6.91. The molecule has 0 bridgehead atoms. The van der Waals surface area contributed by atoms with Crippen LogP contribution in [0.4, 0.5) is 0 Å². The summed E-state index contributed by atoms with van der Waals surface area (Å²) in [5, 5.41) is 10.1. The van der Waals surface area contributed by atoms with Gasteiger partial charge in [0.15, 0.2) is 0 Å². The van der Waals surface area contributed by atoms with Crippen LogP contribution in [0.5, 0.6) is 0 Å². The minimum Gasteiger partial charge on any atom is -0.395 e. The summed E-state index contributed by atoms with van der Waals surface area (Å²) in [5.74, 6) is 0. The summed E-state index contributed by atoms with van der Waals surface area (Å²) >= 11 is 0. The van der Waals surface area contributed by atoms with Crippen molar-refractivity contribution in [2.75, 3.05) is 6.61 Å². The molecular weight excluding hydrogens is 244 g/mol. The zero-order valence-corrected chi connectivity index (χ0v) is 11.8. The Morgan fingerprint density at radius 2 is 1.45 bits per heavy atom. The molecule has 0 aliphatic heterocycles. The number of allylic oxidation sites excluding steroid dienone is 1. The molecule has 0 saturated carbocycles. The fourth-order valence-corrected chi connectivity index (χ4v) is 2.51. The van der Waals surface area contributed by atoms with Crippen LogP contribution < -0.4 is 0 Å². The van der Waals surface area contributed by atoms with Crippen molar-refractivity contribution in [2.24, 2.45) is 0 Å². The number of benzene rings is 2. The van der Waals surface area contributed by atoms with E-state index < -0.39 is 5.41 Å². The Hall–Kier alpha value is -2.08. The summed E-state index contributed by atoms with van der Waals surface area (Å²) < 4.78 is 0. The normalized spacial score (nSPS) is 10.7. The number of aliphatic hydroxyl groups is 1. The van der Waals surface area contributed by atoms with E-state index >= 15 is 0 Å². The first-order chi connectivity index (χ1) is 9.83. The van der Waals surface area contributed by atoms with E-state index in [0.29, 0.717) is 0 Å². The van der Waals surface area contributed by atoms with Crippen molar-refractivity contribution in [1.82, 2.24) is 0 Å². The number of hydrogen-bond donors (Lipinski definition) is 1. The van der Waals surface area contributed by atoms with E-state index in [1.54, 1.807) is 0 Å². The molecule has 0 aliphatic rings. The fourth-order valence-electron chi connectivity index (χ4n) is 2.51. The second-order valence-electron chi connectivity index (χ2n) is 4.84. The van der Waals surface area contributed by atoms with Gasteiger partial charge in [-0.15, -0.1) is 5.73 Å². The van der Waals surface area contributed by atoms with Crippen LogP contribution in [-0.2, 0) is 5.41 Å². The molecule has 2 rings (SSSR count). The average Bonchev–Trinajstić information content (AvgIpc) is 2.54. The van der Waals surface area contributed by atoms with E-state index in [1.807, 2.05) is 55.5 Å². The average molecular weight is 264 g/mol. The van der Waals surface area contributed by atoms with Crippen LogP contribution in [-0.4, -0.2) is 11.7 Å². The van der Waals surface area contributed by atoms with E-state index in [0.717, 1.165) is 17.5 Å². The predicted octanol–water partition coefficient (Wildman–Crippen LogP) is 4.09. The summed E-state index contributed by atoms with van der Waals surface area (Å²) in [4.78, 5) is 0. The molecule has 2 aromatic rings. The van der Waals surface area contributed by atoms with Crippen molar-refractivity contribution in [3.8, 4) is 0 Å². The minimum absolute atomic E-state index is 0.0723. The molecule has 0 aromatic heterocycles. The standard InChI is InChI=1S/C19H20O/c1-2-3-10-15-19(16-20,17-11-6-4-7-12-17)18-13-8-5-9-14-18/h2,4-14,20H,15-16H2,1H3. The van der Waals surface area contributed by atoms with E-state index in [1.165, 1.54) is 0 Å². The molecule has 1 nitrogen and oxygen atoms in total. The van der Waals surface area contributed by atoms with Gasteiger partial charge in [0, 0.05) is 5.41 Å². The Morgan fingerprint density at radius 1 is 0.950 bits per heavy atom. The van der Waals surface area contributed by atoms with E-state index in [-0.39, 0.29) is 6.61 Å². The second-order valence-corrected chi connectivity index (χ2v) is 4.84. The molecule has 102 valence electrons. The van der Waals surface area contributed by atoms with Crippen LogP contribution in [0.1, 0.15) is 24.5 Å². The van der Waals surface area contributed by atoms with Gasteiger partial charge in [0.25, 0.3) is 0 Å². The number of aliphatic hydroxyl groups excluding tert-OH is 1. The SMILES string of the molecule is CC=C=CCC(CO)(c1ccccc1)c1ccccc1. The van der Waals surface area contributed by atoms with Crippen LogP contribution in [0, 0.1) is 0 Å². The van der Waals surface area contributed by atoms with Gasteiger partial charge in [-0.2, -0.15) is 0 Å². The molecule has 1 N–H and O–H groups in total. The third-order valence-electron chi connectivity index (χ3n) is 3.66. The molecular formula is C19H20O. The summed E-state index contributed by atoms with van der Waals surface area (Å²) in [7, 11) is 0. The zero-order chi connectivity index (χ0) is 14.3. The van der Waals surface area contributed by atoms with Gasteiger partial charge in [-0.25, -0.2) is 0 Å². The molecule has 2 aromatic carbocycles. The van der Waals surface area contributed by atoms with Crippen LogP contribution >= 0.6 is 0 Å². The highest BCUT2D eigenvalue weighted by Crippen LogP contribution is 2.35. The monoisotopic (exact) mass is 264 g/mol. The molecule has 0 spiro atoms. The van der Waals surface area contributed by atoms with Crippen LogP contribution in [0.2, 0.25) is 0 Å². The Balaban J connectivity index is 2.55. The zero-order valence-electron chi connectivity index (χ0n) is 11.8. The van der Waals surface area contributed by atoms with Crippen molar-refractivity contribution in [2.45, 2.75) is 18.8 Å². The molecule has 0 heterocycles. The highest BCUT2D eigenvalue weighted by Gasteiger charge is 2.32. The lowest BCUT2D eigenvalue weighted by molar-refractivity contribution is 0.220. The van der Waals surface area contributed by atoms with Gasteiger partial charge >= 0.3 is 0 Å². The first-order valence-corrected chi connectivity index (χ1v) is 6.91. The van der Waals surface area contributed by atoms with Gasteiger partial charge in [-0.05, 0) is 36.6 Å². The second kappa shape index (κ2) is 6.91. The maximum Gasteiger partial charge on any atom is 0.0571 e. The van der Waals surface area contributed by atoms with Crippen LogP contribution in [0.25, 0.3) is 0 Å². The largest absolute Gasteiger partial charge is 0.395 e. The quantitative estimate of drug-likeness (QED) is 0.807. The van der Waals surface area contributed by atoms with Crippen molar-refractivity contribution in [3.63, 3.8) is 0 Å².